The van der Waals surface area contributed by atoms with E-state index in [1.807, 2.05) is 24.0 Å². The number of furan rings is 1. The molecular formula is C19H30N2O3. The number of carbonyl (C=O) groups excluding carboxylic acids is 2. The van der Waals surface area contributed by atoms with Crippen LogP contribution in [0.25, 0.3) is 0 Å². The zero-order chi connectivity index (χ0) is 17.4. The lowest BCUT2D eigenvalue weighted by molar-refractivity contribution is -0.134. The van der Waals surface area contributed by atoms with Gasteiger partial charge in [-0.1, -0.05) is 19.3 Å². The Morgan fingerprint density at radius 3 is 2.75 bits per heavy atom. The van der Waals surface area contributed by atoms with E-state index in [1.165, 1.54) is 13.3 Å². The molecule has 1 N–H and O–H groups in total. The van der Waals surface area contributed by atoms with Crippen LogP contribution in [-0.4, -0.2) is 29.8 Å². The molecule has 0 bridgehead atoms. The lowest BCUT2D eigenvalue weighted by Gasteiger charge is -2.29. The third-order valence-corrected chi connectivity index (χ3v) is 4.60. The Kier molecular flexibility index (Phi) is 7.35. The molecule has 5 heteroatoms. The van der Waals surface area contributed by atoms with Crippen LogP contribution in [0.15, 0.2) is 16.5 Å². The molecule has 1 aliphatic heterocycles. The average molecular weight is 334 g/mol. The van der Waals surface area contributed by atoms with Gasteiger partial charge in [-0.2, -0.15) is 0 Å². The number of amides is 2. The number of carbonyl (C=O) groups is 2. The maximum atomic E-state index is 12.7. The van der Waals surface area contributed by atoms with Crippen molar-refractivity contribution in [1.82, 2.24) is 10.2 Å². The van der Waals surface area contributed by atoms with Gasteiger partial charge < -0.3 is 14.6 Å². The summed E-state index contributed by atoms with van der Waals surface area (Å²) in [5.41, 5.74) is 0. The van der Waals surface area contributed by atoms with Crippen LogP contribution in [-0.2, 0) is 9.59 Å². The van der Waals surface area contributed by atoms with Gasteiger partial charge in [0.1, 0.15) is 11.5 Å². The molecule has 1 aromatic heterocycles. The smallest absolute Gasteiger partial charge is 0.223 e. The van der Waals surface area contributed by atoms with Crippen molar-refractivity contribution < 1.29 is 14.0 Å². The van der Waals surface area contributed by atoms with Crippen molar-refractivity contribution in [3.63, 3.8) is 0 Å². The molecule has 0 aromatic carbocycles. The van der Waals surface area contributed by atoms with E-state index >= 15 is 0 Å². The van der Waals surface area contributed by atoms with Gasteiger partial charge in [0, 0.05) is 26.4 Å². The van der Waals surface area contributed by atoms with E-state index in [1.54, 1.807) is 0 Å². The first-order valence-electron chi connectivity index (χ1n) is 9.18. The third kappa shape index (κ3) is 5.69. The fourth-order valence-corrected chi connectivity index (χ4v) is 3.32. The maximum Gasteiger partial charge on any atom is 0.223 e. The summed E-state index contributed by atoms with van der Waals surface area (Å²) in [4.78, 5) is 25.5. The number of nitrogens with one attached hydrogen (secondary N) is 1. The van der Waals surface area contributed by atoms with Crippen molar-refractivity contribution in [3.05, 3.63) is 23.7 Å². The molecule has 5 nitrogen and oxygen atoms in total. The van der Waals surface area contributed by atoms with Gasteiger partial charge in [0.2, 0.25) is 11.8 Å². The van der Waals surface area contributed by atoms with Crippen molar-refractivity contribution in [1.29, 1.82) is 0 Å². The Morgan fingerprint density at radius 2 is 2.04 bits per heavy atom. The lowest BCUT2D eigenvalue weighted by Crippen LogP contribution is -2.34. The van der Waals surface area contributed by atoms with Gasteiger partial charge in [-0.3, -0.25) is 9.59 Å². The largest absolute Gasteiger partial charge is 0.464 e. The van der Waals surface area contributed by atoms with Crippen molar-refractivity contribution in [2.45, 2.75) is 71.3 Å². The summed E-state index contributed by atoms with van der Waals surface area (Å²) in [5, 5.41) is 2.79. The molecule has 2 heterocycles. The second-order valence-corrected chi connectivity index (χ2v) is 6.69. The van der Waals surface area contributed by atoms with Crippen molar-refractivity contribution in [3.8, 4) is 0 Å². The summed E-state index contributed by atoms with van der Waals surface area (Å²) in [5.74, 6) is 2.07. The first kappa shape index (κ1) is 18.6. The van der Waals surface area contributed by atoms with E-state index in [9.17, 15) is 9.59 Å². The van der Waals surface area contributed by atoms with Crippen LogP contribution in [0.1, 0.15) is 75.9 Å². The summed E-state index contributed by atoms with van der Waals surface area (Å²) >= 11 is 0. The molecule has 2 rings (SSSR count). The summed E-state index contributed by atoms with van der Waals surface area (Å²) in [7, 11) is 0. The van der Waals surface area contributed by atoms with Gasteiger partial charge in [0.25, 0.3) is 0 Å². The molecular weight excluding hydrogens is 304 g/mol. The highest BCUT2D eigenvalue weighted by molar-refractivity contribution is 5.76. The zero-order valence-electron chi connectivity index (χ0n) is 15.0. The number of unbranched alkanes of at least 4 members (excludes halogenated alkanes) is 2. The summed E-state index contributed by atoms with van der Waals surface area (Å²) in [6, 6.07) is 4.08. The summed E-state index contributed by atoms with van der Waals surface area (Å²) < 4.78 is 5.80. The van der Waals surface area contributed by atoms with Crippen LogP contribution in [0.2, 0.25) is 0 Å². The Balaban J connectivity index is 1.84. The van der Waals surface area contributed by atoms with Crippen LogP contribution in [0.5, 0.6) is 0 Å². The molecule has 24 heavy (non-hydrogen) atoms. The Labute approximate surface area is 144 Å². The molecule has 0 unspecified atom stereocenters. The van der Waals surface area contributed by atoms with Crippen LogP contribution >= 0.6 is 0 Å². The number of hydrogen-bond acceptors (Lipinski definition) is 3. The topological polar surface area (TPSA) is 62.6 Å². The average Bonchev–Trinajstić information content (AvgIpc) is 2.83. The Bertz CT molecular complexity index is 538. The quantitative estimate of drug-likeness (QED) is 0.773. The molecule has 0 aliphatic carbocycles. The minimum Gasteiger partial charge on any atom is -0.464 e. The second-order valence-electron chi connectivity index (χ2n) is 6.69. The van der Waals surface area contributed by atoms with Crippen molar-refractivity contribution >= 4 is 11.8 Å². The SMILES string of the molecule is CC(=O)NCCCCCC(=O)N1CCCCC[C@H]1c1ccc(C)o1. The molecule has 1 aromatic rings. The number of likely N-dealkylation sites (tertiary alicyclic amines) is 1. The maximum absolute atomic E-state index is 12.7. The van der Waals surface area contributed by atoms with E-state index in [4.69, 9.17) is 4.42 Å². The van der Waals surface area contributed by atoms with Gasteiger partial charge in [-0.25, -0.2) is 0 Å². The van der Waals surface area contributed by atoms with E-state index in [2.05, 4.69) is 5.32 Å². The normalized spacial score (nSPS) is 18.2. The monoisotopic (exact) mass is 334 g/mol. The molecule has 2 amide bonds. The van der Waals surface area contributed by atoms with Crippen molar-refractivity contribution in [2.24, 2.45) is 0 Å². The van der Waals surface area contributed by atoms with Gasteiger partial charge in [0.05, 0.1) is 6.04 Å². The standard InChI is InChI=1S/C19H30N2O3/c1-15-11-12-18(24-15)17-9-5-4-8-14-21(17)19(23)10-6-3-7-13-20-16(2)22/h11-12,17H,3-10,13-14H2,1-2H3,(H,20,22)/t17-/m0/s1. The summed E-state index contributed by atoms with van der Waals surface area (Å²) in [6.45, 7) is 5.00. The van der Waals surface area contributed by atoms with Gasteiger partial charge in [0.15, 0.2) is 0 Å². The number of nitrogens with zero attached hydrogens (tertiary/aromatic N) is 1. The Hall–Kier alpha value is -1.78. The first-order valence-corrected chi connectivity index (χ1v) is 9.18. The van der Waals surface area contributed by atoms with Crippen LogP contribution in [0.4, 0.5) is 0 Å². The molecule has 1 atom stereocenters. The van der Waals surface area contributed by atoms with Crippen LogP contribution < -0.4 is 5.32 Å². The number of aryl methyl sites for hydroxylation is 1. The lowest BCUT2D eigenvalue weighted by atomic mass is 10.1. The molecule has 0 spiro atoms. The molecule has 1 aliphatic rings. The predicted molar refractivity (Wildman–Crippen MR) is 93.5 cm³/mol. The van der Waals surface area contributed by atoms with Gasteiger partial charge in [-0.05, 0) is 44.7 Å². The van der Waals surface area contributed by atoms with Crippen molar-refractivity contribution in [2.75, 3.05) is 13.1 Å². The van der Waals surface area contributed by atoms with Crippen LogP contribution in [0, 0.1) is 6.92 Å². The fraction of sp³-hybridized carbons (Fsp3) is 0.684. The van der Waals surface area contributed by atoms with E-state index in [0.717, 1.165) is 56.6 Å². The fourth-order valence-electron chi connectivity index (χ4n) is 3.32. The molecule has 0 radical (unpaired) electrons. The second kappa shape index (κ2) is 9.50. The highest BCUT2D eigenvalue weighted by Gasteiger charge is 2.28. The molecule has 1 fully saturated rings. The minimum atomic E-state index is 0.00669. The zero-order valence-corrected chi connectivity index (χ0v) is 15.0. The van der Waals surface area contributed by atoms with Crippen LogP contribution in [0.3, 0.4) is 0 Å². The minimum absolute atomic E-state index is 0.00669. The number of rotatable bonds is 7. The highest BCUT2D eigenvalue weighted by Crippen LogP contribution is 2.31. The van der Waals surface area contributed by atoms with E-state index in [-0.39, 0.29) is 17.9 Å². The summed E-state index contributed by atoms with van der Waals surface area (Å²) in [6.07, 6.45) is 7.72. The third-order valence-electron chi connectivity index (χ3n) is 4.60. The molecule has 0 saturated carbocycles. The first-order chi connectivity index (χ1) is 11.6. The molecule has 1 saturated heterocycles. The van der Waals surface area contributed by atoms with E-state index in [0.29, 0.717) is 13.0 Å². The van der Waals surface area contributed by atoms with Gasteiger partial charge >= 0.3 is 0 Å². The molecule has 134 valence electrons. The number of hydrogen-bond donors (Lipinski definition) is 1. The predicted octanol–water partition coefficient (Wildman–Crippen LogP) is 3.73. The Morgan fingerprint density at radius 1 is 1.21 bits per heavy atom. The highest BCUT2D eigenvalue weighted by atomic mass is 16.3. The van der Waals surface area contributed by atoms with Gasteiger partial charge in [-0.15, -0.1) is 0 Å². The van der Waals surface area contributed by atoms with E-state index < -0.39 is 0 Å².